The third-order valence-corrected chi connectivity index (χ3v) is 3.06. The third-order valence-electron chi connectivity index (χ3n) is 2.28. The van der Waals surface area contributed by atoms with Gasteiger partial charge in [0, 0.05) is 6.42 Å². The van der Waals surface area contributed by atoms with Gasteiger partial charge in [0.1, 0.15) is 6.04 Å². The van der Waals surface area contributed by atoms with Gasteiger partial charge in [0.2, 0.25) is 0 Å². The fourth-order valence-electron chi connectivity index (χ4n) is 1.43. The zero-order valence-corrected chi connectivity index (χ0v) is 10.2. The zero-order chi connectivity index (χ0) is 13.8. The summed E-state index contributed by atoms with van der Waals surface area (Å²) in [5, 5.41) is 8.64. The maximum atomic E-state index is 12.2. The van der Waals surface area contributed by atoms with Gasteiger partial charge in [0.25, 0.3) is 0 Å². The van der Waals surface area contributed by atoms with Crippen molar-refractivity contribution in [2.45, 2.75) is 18.6 Å². The Balaban J connectivity index is 2.71. The van der Waals surface area contributed by atoms with Crippen LogP contribution in [0.25, 0.3) is 0 Å². The molecular weight excluding hydrogens is 264 g/mol. The molecule has 0 aliphatic heterocycles. The van der Waals surface area contributed by atoms with Crippen molar-refractivity contribution in [3.05, 3.63) is 35.4 Å². The summed E-state index contributed by atoms with van der Waals surface area (Å²) in [4.78, 5) is 28.1. The number of hydrogen-bond donors (Lipinski definition) is 4. The number of nitrogens with one attached hydrogen (secondary N) is 1. The molecule has 0 saturated carbocycles. The molecule has 0 aromatic heterocycles. The molecular formula is C10H13FNO5P. The highest BCUT2D eigenvalue weighted by Crippen LogP contribution is 2.38. The summed E-state index contributed by atoms with van der Waals surface area (Å²) in [6, 6.07) is 4.64. The second-order valence-corrected chi connectivity index (χ2v) is 5.49. The van der Waals surface area contributed by atoms with E-state index in [0.29, 0.717) is 11.1 Å². The van der Waals surface area contributed by atoms with Crippen LogP contribution in [-0.2, 0) is 21.9 Å². The van der Waals surface area contributed by atoms with Gasteiger partial charge < -0.3 is 14.9 Å². The van der Waals surface area contributed by atoms with Crippen molar-refractivity contribution in [2.24, 2.45) is 0 Å². The predicted octanol–water partition coefficient (Wildman–Crippen LogP) is 0.834. The van der Waals surface area contributed by atoms with Crippen molar-refractivity contribution >= 4 is 13.6 Å². The molecule has 18 heavy (non-hydrogen) atoms. The van der Waals surface area contributed by atoms with E-state index in [1.54, 1.807) is 0 Å². The molecule has 0 aliphatic rings. The van der Waals surface area contributed by atoms with Gasteiger partial charge in [-0.2, -0.15) is 0 Å². The summed E-state index contributed by atoms with van der Waals surface area (Å²) in [7, 11) is -4.12. The average Bonchev–Trinajstić information content (AvgIpc) is 2.25. The number of rotatable bonds is 6. The predicted molar refractivity (Wildman–Crippen MR) is 61.6 cm³/mol. The lowest BCUT2D eigenvalue weighted by atomic mass is 10.1. The molecule has 0 radical (unpaired) electrons. The topological polar surface area (TPSA) is 107 Å². The molecule has 0 spiro atoms. The second-order valence-electron chi connectivity index (χ2n) is 3.84. The molecule has 0 bridgehead atoms. The number of aliphatic carboxylic acids is 1. The van der Waals surface area contributed by atoms with Gasteiger partial charge >= 0.3 is 13.6 Å². The van der Waals surface area contributed by atoms with Crippen LogP contribution in [0, 0.1) is 0 Å². The van der Waals surface area contributed by atoms with Gasteiger partial charge in [-0.3, -0.25) is 9.36 Å². The average molecular weight is 277 g/mol. The van der Waals surface area contributed by atoms with E-state index in [4.69, 9.17) is 14.9 Å². The van der Waals surface area contributed by atoms with E-state index in [2.05, 4.69) is 0 Å². The van der Waals surface area contributed by atoms with Crippen molar-refractivity contribution in [3.63, 3.8) is 0 Å². The van der Waals surface area contributed by atoms with E-state index in [-0.39, 0.29) is 12.6 Å². The normalized spacial score (nSPS) is 13.3. The van der Waals surface area contributed by atoms with Crippen LogP contribution in [0.1, 0.15) is 11.1 Å². The third kappa shape index (κ3) is 4.93. The first-order valence-electron chi connectivity index (χ1n) is 5.03. The van der Waals surface area contributed by atoms with Crippen molar-refractivity contribution in [3.8, 4) is 0 Å². The molecule has 0 aliphatic carbocycles. The molecule has 4 N–H and O–H groups in total. The minimum atomic E-state index is -4.12. The van der Waals surface area contributed by atoms with Gasteiger partial charge in [-0.05, 0) is 11.1 Å². The Labute approximate surface area is 103 Å². The number of carboxylic acids is 1. The summed E-state index contributed by atoms with van der Waals surface area (Å²) in [6.07, 6.45) is -0.432. The maximum Gasteiger partial charge on any atom is 0.329 e. The SMILES string of the molecule is O=C(O)[C@H](Cc1ccc(CP(=O)(O)O)cc1)NF. The number of carbonyl (C=O) groups is 1. The van der Waals surface area contributed by atoms with Crippen LogP contribution in [0.2, 0.25) is 0 Å². The lowest BCUT2D eigenvalue weighted by Gasteiger charge is -2.09. The summed E-state index contributed by atoms with van der Waals surface area (Å²) >= 11 is 0. The quantitative estimate of drug-likeness (QED) is 0.453. The van der Waals surface area contributed by atoms with Gasteiger partial charge in [-0.25, -0.2) is 0 Å². The fourth-order valence-corrected chi connectivity index (χ4v) is 2.11. The Kier molecular flexibility index (Phi) is 4.98. The van der Waals surface area contributed by atoms with E-state index >= 15 is 0 Å². The highest BCUT2D eigenvalue weighted by molar-refractivity contribution is 7.50. The number of halogens is 1. The summed E-state index contributed by atoms with van der Waals surface area (Å²) in [5.74, 6) is -1.31. The Morgan fingerprint density at radius 1 is 1.28 bits per heavy atom. The van der Waals surface area contributed by atoms with E-state index < -0.39 is 19.6 Å². The van der Waals surface area contributed by atoms with Crippen LogP contribution < -0.4 is 5.54 Å². The fraction of sp³-hybridized carbons (Fsp3) is 0.300. The summed E-state index contributed by atoms with van der Waals surface area (Å²) in [5.41, 5.74) is 2.17. The molecule has 6 nitrogen and oxygen atoms in total. The highest BCUT2D eigenvalue weighted by atomic mass is 31.2. The lowest BCUT2D eigenvalue weighted by Crippen LogP contribution is -2.33. The molecule has 0 unspecified atom stereocenters. The van der Waals surface area contributed by atoms with Crippen molar-refractivity contribution < 1.29 is 28.7 Å². The van der Waals surface area contributed by atoms with Crippen molar-refractivity contribution in [1.82, 2.24) is 5.54 Å². The molecule has 1 rings (SSSR count). The Bertz CT molecular complexity index is 458. The Morgan fingerprint density at radius 3 is 2.17 bits per heavy atom. The largest absolute Gasteiger partial charge is 0.480 e. The molecule has 0 saturated heterocycles. The first kappa shape index (κ1) is 14.8. The molecule has 1 atom stereocenters. The molecule has 8 heteroatoms. The Hall–Kier alpha value is -1.27. The van der Waals surface area contributed by atoms with Gasteiger partial charge in [0.15, 0.2) is 0 Å². The molecule has 0 amide bonds. The smallest absolute Gasteiger partial charge is 0.329 e. The van der Waals surface area contributed by atoms with Crippen LogP contribution in [0.4, 0.5) is 4.48 Å². The first-order chi connectivity index (χ1) is 8.31. The van der Waals surface area contributed by atoms with Crippen LogP contribution in [0.5, 0.6) is 0 Å². The van der Waals surface area contributed by atoms with Gasteiger partial charge in [-0.15, -0.1) is 10.0 Å². The van der Waals surface area contributed by atoms with Crippen LogP contribution in [-0.4, -0.2) is 26.9 Å². The standard InChI is InChI=1S/C10H13FNO5P/c11-12-9(10(13)14)5-7-1-3-8(4-2-7)6-18(15,16)17/h1-4,9,12H,5-6H2,(H,13,14)(H2,15,16,17)/t9-/m0/s1. The number of benzene rings is 1. The monoisotopic (exact) mass is 277 g/mol. The van der Waals surface area contributed by atoms with Crippen LogP contribution >= 0.6 is 7.60 Å². The van der Waals surface area contributed by atoms with Gasteiger partial charge in [0.05, 0.1) is 6.16 Å². The number of carboxylic acid groups (broad SMARTS) is 1. The summed E-state index contributed by atoms with van der Waals surface area (Å²) < 4.78 is 22.9. The van der Waals surface area contributed by atoms with Crippen molar-refractivity contribution in [2.75, 3.05) is 0 Å². The highest BCUT2D eigenvalue weighted by Gasteiger charge is 2.18. The van der Waals surface area contributed by atoms with E-state index in [9.17, 15) is 13.8 Å². The second kappa shape index (κ2) is 6.06. The molecule has 1 aromatic carbocycles. The maximum absolute atomic E-state index is 12.2. The minimum Gasteiger partial charge on any atom is -0.480 e. The Morgan fingerprint density at radius 2 is 1.78 bits per heavy atom. The van der Waals surface area contributed by atoms with E-state index in [1.807, 2.05) is 0 Å². The lowest BCUT2D eigenvalue weighted by molar-refractivity contribution is -0.140. The molecule has 0 heterocycles. The summed E-state index contributed by atoms with van der Waals surface area (Å²) in [6.45, 7) is 0. The first-order valence-corrected chi connectivity index (χ1v) is 6.83. The molecule has 100 valence electrons. The van der Waals surface area contributed by atoms with Crippen LogP contribution in [0.15, 0.2) is 24.3 Å². The van der Waals surface area contributed by atoms with Crippen LogP contribution in [0.3, 0.4) is 0 Å². The van der Waals surface area contributed by atoms with Gasteiger partial charge in [-0.1, -0.05) is 24.3 Å². The molecule has 1 aromatic rings. The van der Waals surface area contributed by atoms with Crippen molar-refractivity contribution in [1.29, 1.82) is 0 Å². The molecule has 0 fully saturated rings. The number of hydrogen-bond acceptors (Lipinski definition) is 3. The minimum absolute atomic E-state index is 0.0535. The van der Waals surface area contributed by atoms with E-state index in [1.165, 1.54) is 29.8 Å². The van der Waals surface area contributed by atoms with E-state index in [0.717, 1.165) is 0 Å². The zero-order valence-electron chi connectivity index (χ0n) is 9.28.